The highest BCUT2D eigenvalue weighted by atomic mass is 16.5. The third kappa shape index (κ3) is 5.48. The van der Waals surface area contributed by atoms with Crippen LogP contribution in [0.1, 0.15) is 31.7 Å². The summed E-state index contributed by atoms with van der Waals surface area (Å²) >= 11 is 0. The Labute approximate surface area is 127 Å². The third-order valence-electron chi connectivity index (χ3n) is 3.89. The predicted molar refractivity (Wildman–Crippen MR) is 83.7 cm³/mol. The van der Waals surface area contributed by atoms with Gasteiger partial charge in [-0.05, 0) is 31.2 Å². The molecule has 4 heteroatoms. The molecule has 1 unspecified atom stereocenters. The number of hydrogen-bond donors (Lipinski definition) is 1. The SMILES string of the molecule is CC(N)CC(=O)N(Cc1ccccc1)CC1CCOCC1. The molecule has 4 nitrogen and oxygen atoms in total. The van der Waals surface area contributed by atoms with E-state index >= 15 is 0 Å². The summed E-state index contributed by atoms with van der Waals surface area (Å²) in [6.45, 7) is 4.98. The highest BCUT2D eigenvalue weighted by Gasteiger charge is 2.22. The quantitative estimate of drug-likeness (QED) is 0.873. The maximum absolute atomic E-state index is 12.4. The van der Waals surface area contributed by atoms with E-state index in [1.807, 2.05) is 30.0 Å². The minimum atomic E-state index is -0.0922. The number of ether oxygens (including phenoxy) is 1. The van der Waals surface area contributed by atoms with Gasteiger partial charge in [-0.1, -0.05) is 30.3 Å². The average molecular weight is 290 g/mol. The van der Waals surface area contributed by atoms with Crippen molar-refractivity contribution in [1.82, 2.24) is 4.90 Å². The molecule has 2 rings (SSSR count). The van der Waals surface area contributed by atoms with Crippen LogP contribution in [0.25, 0.3) is 0 Å². The van der Waals surface area contributed by atoms with Gasteiger partial charge in [-0.3, -0.25) is 4.79 Å². The van der Waals surface area contributed by atoms with E-state index in [0.717, 1.165) is 32.6 Å². The smallest absolute Gasteiger partial charge is 0.224 e. The minimum absolute atomic E-state index is 0.0922. The predicted octanol–water partition coefficient (Wildman–Crippen LogP) is 2.18. The van der Waals surface area contributed by atoms with Crippen molar-refractivity contribution >= 4 is 5.91 Å². The van der Waals surface area contributed by atoms with Crippen LogP contribution in [0, 0.1) is 5.92 Å². The van der Waals surface area contributed by atoms with Gasteiger partial charge in [0.15, 0.2) is 0 Å². The second-order valence-electron chi connectivity index (χ2n) is 6.00. The fourth-order valence-corrected chi connectivity index (χ4v) is 2.70. The first kappa shape index (κ1) is 16.0. The highest BCUT2D eigenvalue weighted by molar-refractivity contribution is 5.76. The maximum atomic E-state index is 12.4. The van der Waals surface area contributed by atoms with E-state index < -0.39 is 0 Å². The largest absolute Gasteiger partial charge is 0.381 e. The molecule has 0 aromatic heterocycles. The van der Waals surface area contributed by atoms with Crippen LogP contribution in [0.4, 0.5) is 0 Å². The van der Waals surface area contributed by atoms with Gasteiger partial charge in [0.05, 0.1) is 0 Å². The van der Waals surface area contributed by atoms with Gasteiger partial charge in [0.25, 0.3) is 0 Å². The zero-order valence-electron chi connectivity index (χ0n) is 12.8. The first-order valence-electron chi connectivity index (χ1n) is 7.80. The first-order valence-corrected chi connectivity index (χ1v) is 7.80. The lowest BCUT2D eigenvalue weighted by Gasteiger charge is -2.30. The topological polar surface area (TPSA) is 55.6 Å². The summed E-state index contributed by atoms with van der Waals surface area (Å²) in [7, 11) is 0. The van der Waals surface area contributed by atoms with Crippen LogP contribution in [-0.2, 0) is 16.1 Å². The molecule has 1 fully saturated rings. The number of nitrogens with two attached hydrogens (primary N) is 1. The van der Waals surface area contributed by atoms with Crippen molar-refractivity contribution in [2.45, 2.75) is 38.8 Å². The molecule has 21 heavy (non-hydrogen) atoms. The van der Waals surface area contributed by atoms with E-state index in [-0.39, 0.29) is 11.9 Å². The highest BCUT2D eigenvalue weighted by Crippen LogP contribution is 2.18. The summed E-state index contributed by atoms with van der Waals surface area (Å²) in [6.07, 6.45) is 2.49. The van der Waals surface area contributed by atoms with E-state index in [4.69, 9.17) is 10.5 Å². The lowest BCUT2D eigenvalue weighted by molar-refractivity contribution is -0.133. The molecule has 0 bridgehead atoms. The van der Waals surface area contributed by atoms with Crippen molar-refractivity contribution in [1.29, 1.82) is 0 Å². The van der Waals surface area contributed by atoms with Crippen LogP contribution in [0.5, 0.6) is 0 Å². The van der Waals surface area contributed by atoms with Crippen molar-refractivity contribution in [2.24, 2.45) is 11.7 Å². The number of carbonyl (C=O) groups excluding carboxylic acids is 1. The zero-order chi connectivity index (χ0) is 15.1. The molecule has 1 amide bonds. The van der Waals surface area contributed by atoms with E-state index in [1.165, 1.54) is 5.56 Å². The van der Waals surface area contributed by atoms with Crippen LogP contribution in [0.15, 0.2) is 30.3 Å². The molecular weight excluding hydrogens is 264 g/mol. The monoisotopic (exact) mass is 290 g/mol. The first-order chi connectivity index (χ1) is 10.1. The van der Waals surface area contributed by atoms with Gasteiger partial charge in [-0.25, -0.2) is 0 Å². The Hall–Kier alpha value is -1.39. The molecule has 0 aliphatic carbocycles. The second kappa shape index (κ2) is 8.15. The number of nitrogens with zero attached hydrogens (tertiary/aromatic N) is 1. The van der Waals surface area contributed by atoms with Crippen LogP contribution in [0.2, 0.25) is 0 Å². The van der Waals surface area contributed by atoms with Crippen LogP contribution >= 0.6 is 0 Å². The lowest BCUT2D eigenvalue weighted by Crippen LogP contribution is -2.39. The molecule has 1 heterocycles. The van der Waals surface area contributed by atoms with Gasteiger partial charge in [0.2, 0.25) is 5.91 Å². The number of hydrogen-bond acceptors (Lipinski definition) is 3. The third-order valence-corrected chi connectivity index (χ3v) is 3.89. The van der Waals surface area contributed by atoms with Gasteiger partial charge in [0, 0.05) is 38.8 Å². The molecule has 0 spiro atoms. The van der Waals surface area contributed by atoms with Crippen molar-refractivity contribution in [3.63, 3.8) is 0 Å². The molecule has 0 radical (unpaired) electrons. The summed E-state index contributed by atoms with van der Waals surface area (Å²) in [6, 6.07) is 10.1. The van der Waals surface area contributed by atoms with E-state index in [0.29, 0.717) is 18.9 Å². The van der Waals surface area contributed by atoms with Crippen molar-refractivity contribution < 1.29 is 9.53 Å². The van der Waals surface area contributed by atoms with Crippen LogP contribution in [0.3, 0.4) is 0 Å². The number of amides is 1. The zero-order valence-corrected chi connectivity index (χ0v) is 12.8. The number of rotatable bonds is 6. The molecule has 116 valence electrons. The van der Waals surface area contributed by atoms with Gasteiger partial charge in [-0.2, -0.15) is 0 Å². The van der Waals surface area contributed by atoms with E-state index in [9.17, 15) is 4.79 Å². The molecule has 1 atom stereocenters. The van der Waals surface area contributed by atoms with E-state index in [2.05, 4.69) is 12.1 Å². The molecular formula is C17H26N2O2. The summed E-state index contributed by atoms with van der Waals surface area (Å²) in [5, 5.41) is 0. The maximum Gasteiger partial charge on any atom is 0.224 e. The van der Waals surface area contributed by atoms with Crippen molar-refractivity contribution in [3.05, 3.63) is 35.9 Å². The molecule has 1 aromatic rings. The number of carbonyl (C=O) groups is 1. The molecule has 1 aliphatic heterocycles. The summed E-state index contributed by atoms with van der Waals surface area (Å²) in [5.41, 5.74) is 6.96. The second-order valence-corrected chi connectivity index (χ2v) is 6.00. The Bertz CT molecular complexity index is 428. The van der Waals surface area contributed by atoms with Crippen LogP contribution in [-0.4, -0.2) is 36.6 Å². The molecule has 0 saturated carbocycles. The van der Waals surface area contributed by atoms with Crippen molar-refractivity contribution in [3.8, 4) is 0 Å². The summed E-state index contributed by atoms with van der Waals surface area (Å²) in [4.78, 5) is 14.4. The molecule has 1 aromatic carbocycles. The Morgan fingerprint density at radius 1 is 1.33 bits per heavy atom. The Kier molecular flexibility index (Phi) is 6.21. The van der Waals surface area contributed by atoms with Gasteiger partial charge < -0.3 is 15.4 Å². The van der Waals surface area contributed by atoms with Crippen molar-refractivity contribution in [2.75, 3.05) is 19.8 Å². The molecule has 2 N–H and O–H groups in total. The Balaban J connectivity index is 2.00. The molecule has 1 aliphatic rings. The Morgan fingerprint density at radius 3 is 2.62 bits per heavy atom. The summed E-state index contributed by atoms with van der Waals surface area (Å²) in [5.74, 6) is 0.694. The summed E-state index contributed by atoms with van der Waals surface area (Å²) < 4.78 is 5.40. The van der Waals surface area contributed by atoms with Gasteiger partial charge in [-0.15, -0.1) is 0 Å². The Morgan fingerprint density at radius 2 is 2.00 bits per heavy atom. The standard InChI is InChI=1S/C17H26N2O2/c1-14(18)11-17(20)19(12-15-5-3-2-4-6-15)13-16-7-9-21-10-8-16/h2-6,14,16H,7-13,18H2,1H3. The number of benzene rings is 1. The average Bonchev–Trinajstić information content (AvgIpc) is 2.48. The van der Waals surface area contributed by atoms with Crippen LogP contribution < -0.4 is 5.73 Å². The van der Waals surface area contributed by atoms with Gasteiger partial charge in [0.1, 0.15) is 0 Å². The fourth-order valence-electron chi connectivity index (χ4n) is 2.70. The minimum Gasteiger partial charge on any atom is -0.381 e. The fraction of sp³-hybridized carbons (Fsp3) is 0.588. The molecule has 1 saturated heterocycles. The normalized spacial score (nSPS) is 17.4. The van der Waals surface area contributed by atoms with Gasteiger partial charge >= 0.3 is 0 Å². The van der Waals surface area contributed by atoms with E-state index in [1.54, 1.807) is 0 Å². The lowest BCUT2D eigenvalue weighted by atomic mass is 9.99.